The minimum Gasteiger partial charge on any atom is -0.420 e. The lowest BCUT2D eigenvalue weighted by Crippen LogP contribution is -2.34. The standard InChI is InChI=1S/C24H25ClN6O2S/c1-12(2)31(4)11-14-10-27-24(25)30-23(14)33-18-8-5-15-16(29-18)6-7-17-19(15)20-21(34-17)22(32)28-13(3)9-26-20/h5-8,10,12-13,26H,9,11H2,1-4H3,(H,28,32)/t13-/m0/s1. The Morgan fingerprint density at radius 3 is 2.88 bits per heavy atom. The van der Waals surface area contributed by atoms with Crippen LogP contribution in [0.3, 0.4) is 0 Å². The van der Waals surface area contributed by atoms with E-state index in [1.54, 1.807) is 6.20 Å². The molecule has 1 amide bonds. The molecule has 4 aromatic rings. The van der Waals surface area contributed by atoms with Crippen molar-refractivity contribution in [2.24, 2.45) is 0 Å². The Hall–Kier alpha value is -3.01. The van der Waals surface area contributed by atoms with Crippen LogP contribution in [-0.2, 0) is 6.54 Å². The highest BCUT2D eigenvalue weighted by molar-refractivity contribution is 7.21. The number of hydrogen-bond donors (Lipinski definition) is 2. The molecule has 1 aliphatic rings. The molecule has 176 valence electrons. The fourth-order valence-electron chi connectivity index (χ4n) is 3.88. The van der Waals surface area contributed by atoms with E-state index < -0.39 is 0 Å². The molecule has 1 aromatic carbocycles. The van der Waals surface area contributed by atoms with Crippen LogP contribution in [0.5, 0.6) is 11.8 Å². The predicted molar refractivity (Wildman–Crippen MR) is 136 cm³/mol. The smallest absolute Gasteiger partial charge is 0.263 e. The summed E-state index contributed by atoms with van der Waals surface area (Å²) in [6.07, 6.45) is 1.69. The van der Waals surface area contributed by atoms with Gasteiger partial charge in [-0.3, -0.25) is 9.69 Å². The van der Waals surface area contributed by atoms with Gasteiger partial charge < -0.3 is 15.4 Å². The van der Waals surface area contributed by atoms with Crippen LogP contribution in [0.2, 0.25) is 5.28 Å². The first-order valence-corrected chi connectivity index (χ1v) is 12.3. The maximum absolute atomic E-state index is 12.7. The van der Waals surface area contributed by atoms with Gasteiger partial charge >= 0.3 is 0 Å². The maximum atomic E-state index is 12.7. The summed E-state index contributed by atoms with van der Waals surface area (Å²) in [6.45, 7) is 7.50. The van der Waals surface area contributed by atoms with Crippen LogP contribution < -0.4 is 15.4 Å². The number of ether oxygens (including phenoxy) is 1. The van der Waals surface area contributed by atoms with Crippen molar-refractivity contribution in [2.45, 2.75) is 39.4 Å². The van der Waals surface area contributed by atoms with Crippen molar-refractivity contribution in [2.75, 3.05) is 18.9 Å². The van der Waals surface area contributed by atoms with Crippen molar-refractivity contribution < 1.29 is 9.53 Å². The average Bonchev–Trinajstić information content (AvgIpc) is 3.12. The summed E-state index contributed by atoms with van der Waals surface area (Å²) in [5.74, 6) is 0.752. The Morgan fingerprint density at radius 1 is 1.26 bits per heavy atom. The molecule has 0 aliphatic carbocycles. The third-order valence-electron chi connectivity index (χ3n) is 5.96. The van der Waals surface area contributed by atoms with E-state index in [0.717, 1.165) is 32.2 Å². The molecular weight excluding hydrogens is 472 g/mol. The van der Waals surface area contributed by atoms with E-state index in [2.05, 4.69) is 39.3 Å². The molecule has 0 radical (unpaired) electrons. The molecule has 0 saturated carbocycles. The number of benzene rings is 1. The lowest BCUT2D eigenvalue weighted by atomic mass is 10.1. The number of hydrogen-bond acceptors (Lipinski definition) is 8. The number of nitrogens with one attached hydrogen (secondary N) is 2. The SMILES string of the molecule is CC(C)N(C)Cc1cnc(Cl)nc1Oc1ccc2c(ccc3sc4c(c32)NC[C@H](C)NC4=O)n1. The third-order valence-corrected chi connectivity index (χ3v) is 7.30. The molecule has 1 aliphatic heterocycles. The fraction of sp³-hybridized carbons (Fsp3) is 0.333. The molecule has 1 atom stereocenters. The van der Waals surface area contributed by atoms with E-state index in [4.69, 9.17) is 21.3 Å². The Balaban J connectivity index is 1.53. The molecule has 34 heavy (non-hydrogen) atoms. The van der Waals surface area contributed by atoms with Crippen molar-refractivity contribution in [1.82, 2.24) is 25.2 Å². The van der Waals surface area contributed by atoms with Crippen LogP contribution in [-0.4, -0.2) is 51.4 Å². The first-order chi connectivity index (χ1) is 16.3. The number of nitrogens with zero attached hydrogens (tertiary/aromatic N) is 4. The minimum absolute atomic E-state index is 0.0469. The second-order valence-corrected chi connectivity index (χ2v) is 10.2. The van der Waals surface area contributed by atoms with Crippen molar-refractivity contribution in [1.29, 1.82) is 0 Å². The number of rotatable bonds is 5. The van der Waals surface area contributed by atoms with Crippen LogP contribution >= 0.6 is 22.9 Å². The van der Waals surface area contributed by atoms with Gasteiger partial charge in [-0.15, -0.1) is 11.3 Å². The topological polar surface area (TPSA) is 92.3 Å². The molecule has 3 aromatic heterocycles. The zero-order valence-corrected chi connectivity index (χ0v) is 20.9. The third kappa shape index (κ3) is 4.26. The van der Waals surface area contributed by atoms with Crippen LogP contribution in [0.4, 0.5) is 5.69 Å². The quantitative estimate of drug-likeness (QED) is 0.373. The fourth-order valence-corrected chi connectivity index (χ4v) is 5.11. The van der Waals surface area contributed by atoms with E-state index >= 15 is 0 Å². The Kier molecular flexibility index (Phi) is 6.01. The molecule has 4 heterocycles. The monoisotopic (exact) mass is 496 g/mol. The first-order valence-electron chi connectivity index (χ1n) is 11.1. The molecular formula is C24H25ClN6O2S. The van der Waals surface area contributed by atoms with Gasteiger partial charge in [-0.25, -0.2) is 9.97 Å². The molecule has 0 unspecified atom stereocenters. The molecule has 0 fully saturated rings. The number of pyridine rings is 1. The predicted octanol–water partition coefficient (Wildman–Crippen LogP) is 5.07. The summed E-state index contributed by atoms with van der Waals surface area (Å²) in [4.78, 5) is 28.7. The second kappa shape index (κ2) is 8.98. The van der Waals surface area contributed by atoms with Gasteiger partial charge in [0.2, 0.25) is 17.0 Å². The first kappa shape index (κ1) is 22.8. The number of aromatic nitrogens is 3. The number of fused-ring (bicyclic) bond motifs is 5. The molecule has 8 nitrogen and oxygen atoms in total. The van der Waals surface area contributed by atoms with Crippen molar-refractivity contribution >= 4 is 55.5 Å². The van der Waals surface area contributed by atoms with Crippen molar-refractivity contribution in [3.05, 3.63) is 46.2 Å². The lowest BCUT2D eigenvalue weighted by Gasteiger charge is -2.21. The van der Waals surface area contributed by atoms with Crippen LogP contribution in [0.15, 0.2) is 30.5 Å². The van der Waals surface area contributed by atoms with Crippen LogP contribution in [0, 0.1) is 0 Å². The van der Waals surface area contributed by atoms with Crippen molar-refractivity contribution in [3.8, 4) is 11.8 Å². The Morgan fingerprint density at radius 2 is 2.09 bits per heavy atom. The Bertz CT molecular complexity index is 1410. The van der Waals surface area contributed by atoms with Gasteiger partial charge in [0.1, 0.15) is 4.88 Å². The largest absolute Gasteiger partial charge is 0.420 e. The van der Waals surface area contributed by atoms with E-state index in [1.807, 2.05) is 38.2 Å². The molecule has 10 heteroatoms. The molecule has 0 saturated heterocycles. The highest BCUT2D eigenvalue weighted by Crippen LogP contribution is 2.41. The summed E-state index contributed by atoms with van der Waals surface area (Å²) in [5, 5.41) is 8.55. The highest BCUT2D eigenvalue weighted by atomic mass is 35.5. The number of carbonyl (C=O) groups is 1. The molecule has 0 bridgehead atoms. The van der Waals surface area contributed by atoms with E-state index in [-0.39, 0.29) is 17.2 Å². The summed E-state index contributed by atoms with van der Waals surface area (Å²) in [5.41, 5.74) is 2.46. The van der Waals surface area contributed by atoms with E-state index in [9.17, 15) is 4.79 Å². The lowest BCUT2D eigenvalue weighted by molar-refractivity contribution is 0.0949. The van der Waals surface area contributed by atoms with Gasteiger partial charge in [-0.1, -0.05) is 0 Å². The van der Waals surface area contributed by atoms with Gasteiger partial charge in [0, 0.05) is 58.5 Å². The number of thiophene rings is 1. The van der Waals surface area contributed by atoms with Gasteiger partial charge in [-0.2, -0.15) is 4.98 Å². The van der Waals surface area contributed by atoms with E-state index in [1.165, 1.54) is 11.3 Å². The van der Waals surface area contributed by atoms with Gasteiger partial charge in [0.15, 0.2) is 0 Å². The number of halogens is 1. The van der Waals surface area contributed by atoms with Gasteiger partial charge in [0.05, 0.1) is 11.2 Å². The zero-order chi connectivity index (χ0) is 24.0. The van der Waals surface area contributed by atoms with Crippen LogP contribution in [0.25, 0.3) is 21.0 Å². The highest BCUT2D eigenvalue weighted by Gasteiger charge is 2.25. The van der Waals surface area contributed by atoms with Gasteiger partial charge in [0.25, 0.3) is 5.91 Å². The van der Waals surface area contributed by atoms with E-state index in [0.29, 0.717) is 35.8 Å². The Labute approximate surface area is 206 Å². The number of amides is 1. The number of anilines is 1. The maximum Gasteiger partial charge on any atom is 0.263 e. The summed E-state index contributed by atoms with van der Waals surface area (Å²) in [7, 11) is 2.03. The summed E-state index contributed by atoms with van der Waals surface area (Å²) < 4.78 is 7.12. The average molecular weight is 497 g/mol. The minimum atomic E-state index is -0.0469. The van der Waals surface area contributed by atoms with Crippen LogP contribution in [0.1, 0.15) is 36.0 Å². The summed E-state index contributed by atoms with van der Waals surface area (Å²) in [6, 6.07) is 8.14. The molecule has 2 N–H and O–H groups in total. The molecule has 0 spiro atoms. The summed E-state index contributed by atoms with van der Waals surface area (Å²) >= 11 is 7.54. The zero-order valence-electron chi connectivity index (χ0n) is 19.3. The normalized spacial score (nSPS) is 16.0. The number of carbonyl (C=O) groups excluding carboxylic acids is 1. The molecule has 5 rings (SSSR count). The van der Waals surface area contributed by atoms with Crippen molar-refractivity contribution in [3.63, 3.8) is 0 Å². The second-order valence-electron chi connectivity index (χ2n) is 8.80. The van der Waals surface area contributed by atoms with Gasteiger partial charge in [-0.05, 0) is 57.6 Å².